The molecule has 0 saturated carbocycles. The normalized spacial score (nSPS) is 13.0. The van der Waals surface area contributed by atoms with Gasteiger partial charge in [-0.3, -0.25) is 14.7 Å². The van der Waals surface area contributed by atoms with Crippen molar-refractivity contribution < 1.29 is 14.3 Å². The molecule has 0 spiro atoms. The van der Waals surface area contributed by atoms with Gasteiger partial charge in [-0.1, -0.05) is 38.1 Å². The van der Waals surface area contributed by atoms with Gasteiger partial charge in [0, 0.05) is 53.0 Å². The average molecular weight is 568 g/mol. The molecule has 0 atom stereocenters. The molecule has 3 heterocycles. The predicted octanol–water partition coefficient (Wildman–Crippen LogP) is 5.11. The largest absolute Gasteiger partial charge is 0.484 e. The summed E-state index contributed by atoms with van der Waals surface area (Å²) in [5, 5.41) is 13.3. The van der Waals surface area contributed by atoms with Crippen molar-refractivity contribution in [3.8, 4) is 28.3 Å². The molecule has 0 aliphatic carbocycles. The maximum absolute atomic E-state index is 12.9. The molecule has 1 aliphatic rings. The minimum absolute atomic E-state index is 0.0902. The van der Waals surface area contributed by atoms with Crippen LogP contribution in [0.2, 0.25) is 0 Å². The van der Waals surface area contributed by atoms with E-state index in [4.69, 9.17) is 14.7 Å². The number of carbonyl (C=O) groups is 2. The Morgan fingerprint density at radius 3 is 2.52 bits per heavy atom. The molecule has 3 N–H and O–H groups in total. The molecule has 0 saturated heterocycles. The average Bonchev–Trinajstić information content (AvgIpc) is 3.50. The number of hydrogen-bond donors (Lipinski definition) is 3. The van der Waals surface area contributed by atoms with E-state index in [1.54, 1.807) is 6.20 Å². The van der Waals surface area contributed by atoms with E-state index in [1.165, 1.54) is 0 Å². The molecule has 0 bridgehead atoms. The number of hydrogen-bond acceptors (Lipinski definition) is 7. The Morgan fingerprint density at radius 1 is 1.05 bits per heavy atom. The summed E-state index contributed by atoms with van der Waals surface area (Å²) in [6, 6.07) is 15.5. The third-order valence-electron chi connectivity index (χ3n) is 6.82. The standard InChI is InChI=1S/C32H37N7O3/c1-20(2)31(41)39-14-13-27-26(18-39)30(35-24-11-9-21(10-12-24)23-16-33-34-17-23)37-29(36-27)22-7-6-8-25(15-22)42-19-28(40)38-32(3,4)5/h6-12,15-17,20H,13-14,18-19H2,1-5H3,(H,33,34)(H,38,40)(H,35,36,37). The zero-order valence-electron chi connectivity index (χ0n) is 24.7. The van der Waals surface area contributed by atoms with Crippen molar-refractivity contribution in [2.75, 3.05) is 18.5 Å². The van der Waals surface area contributed by atoms with Gasteiger partial charge in [0.2, 0.25) is 5.91 Å². The van der Waals surface area contributed by atoms with Gasteiger partial charge in [0.25, 0.3) is 5.91 Å². The van der Waals surface area contributed by atoms with Crippen molar-refractivity contribution in [2.24, 2.45) is 5.92 Å². The number of benzene rings is 2. The quantitative estimate of drug-likeness (QED) is 0.270. The number of nitrogens with zero attached hydrogens (tertiary/aromatic N) is 4. The number of amides is 2. The number of aromatic nitrogens is 4. The molecule has 0 fully saturated rings. The molecule has 0 radical (unpaired) electrons. The van der Waals surface area contributed by atoms with Crippen LogP contribution >= 0.6 is 0 Å². The van der Waals surface area contributed by atoms with Crippen LogP contribution in [0.5, 0.6) is 5.75 Å². The van der Waals surface area contributed by atoms with E-state index in [9.17, 15) is 9.59 Å². The molecular weight excluding hydrogens is 530 g/mol. The van der Waals surface area contributed by atoms with Gasteiger partial charge in [-0.05, 0) is 50.6 Å². The molecule has 4 aromatic rings. The van der Waals surface area contributed by atoms with Gasteiger partial charge in [0.1, 0.15) is 11.6 Å². The van der Waals surface area contributed by atoms with Crippen LogP contribution < -0.4 is 15.4 Å². The van der Waals surface area contributed by atoms with E-state index in [1.807, 2.05) is 94.2 Å². The maximum Gasteiger partial charge on any atom is 0.258 e. The van der Waals surface area contributed by atoms with Crippen LogP contribution in [0.3, 0.4) is 0 Å². The van der Waals surface area contributed by atoms with Gasteiger partial charge >= 0.3 is 0 Å². The SMILES string of the molecule is CC(C)C(=O)N1CCc2nc(-c3cccc(OCC(=O)NC(C)(C)C)c3)nc(Nc3ccc(-c4cn[nH]c4)cc3)c2C1. The lowest BCUT2D eigenvalue weighted by Gasteiger charge is -2.31. The number of H-pyrrole nitrogens is 1. The summed E-state index contributed by atoms with van der Waals surface area (Å²) < 4.78 is 5.78. The Hall–Kier alpha value is -4.73. The number of rotatable bonds is 8. The zero-order valence-corrected chi connectivity index (χ0v) is 24.7. The summed E-state index contributed by atoms with van der Waals surface area (Å²) >= 11 is 0. The minimum atomic E-state index is -0.336. The number of carbonyl (C=O) groups excluding carboxylic acids is 2. The molecule has 10 heteroatoms. The molecule has 1 aliphatic heterocycles. The van der Waals surface area contributed by atoms with Gasteiger partial charge in [0.15, 0.2) is 12.4 Å². The molecule has 10 nitrogen and oxygen atoms in total. The highest BCUT2D eigenvalue weighted by Gasteiger charge is 2.27. The van der Waals surface area contributed by atoms with Crippen molar-refractivity contribution in [1.29, 1.82) is 0 Å². The lowest BCUT2D eigenvalue weighted by molar-refractivity contribution is -0.135. The lowest BCUT2D eigenvalue weighted by atomic mass is 10.0. The Bertz CT molecular complexity index is 1560. The van der Waals surface area contributed by atoms with Gasteiger partial charge in [-0.15, -0.1) is 0 Å². The monoisotopic (exact) mass is 567 g/mol. The van der Waals surface area contributed by atoms with Gasteiger partial charge < -0.3 is 20.3 Å². The van der Waals surface area contributed by atoms with Gasteiger partial charge in [0.05, 0.1) is 18.4 Å². The fourth-order valence-electron chi connectivity index (χ4n) is 4.82. The second kappa shape index (κ2) is 12.0. The summed E-state index contributed by atoms with van der Waals surface area (Å²) in [4.78, 5) is 36.9. The molecule has 0 unspecified atom stereocenters. The first-order valence-electron chi connectivity index (χ1n) is 14.1. The zero-order chi connectivity index (χ0) is 29.9. The summed E-state index contributed by atoms with van der Waals surface area (Å²) in [6.45, 7) is 10.6. The highest BCUT2D eigenvalue weighted by molar-refractivity contribution is 5.79. The van der Waals surface area contributed by atoms with Crippen LogP contribution in [0, 0.1) is 5.92 Å². The van der Waals surface area contributed by atoms with E-state index in [2.05, 4.69) is 20.8 Å². The third kappa shape index (κ3) is 6.94. The second-order valence-electron chi connectivity index (χ2n) is 11.8. The molecule has 2 amide bonds. The van der Waals surface area contributed by atoms with Crippen LogP contribution in [0.25, 0.3) is 22.5 Å². The van der Waals surface area contributed by atoms with Crippen molar-refractivity contribution in [2.45, 2.75) is 53.1 Å². The smallest absolute Gasteiger partial charge is 0.258 e. The third-order valence-corrected chi connectivity index (χ3v) is 6.82. The Morgan fingerprint density at radius 2 is 1.83 bits per heavy atom. The van der Waals surface area contributed by atoms with Crippen molar-refractivity contribution in [3.05, 3.63) is 72.2 Å². The van der Waals surface area contributed by atoms with E-state index in [0.717, 1.165) is 33.6 Å². The minimum Gasteiger partial charge on any atom is -0.484 e. The molecule has 5 rings (SSSR count). The second-order valence-corrected chi connectivity index (χ2v) is 11.8. The van der Waals surface area contributed by atoms with Crippen molar-refractivity contribution in [1.82, 2.24) is 30.4 Å². The first-order chi connectivity index (χ1) is 20.1. The van der Waals surface area contributed by atoms with Crippen LogP contribution in [-0.4, -0.2) is 55.6 Å². The van der Waals surface area contributed by atoms with Gasteiger partial charge in [-0.2, -0.15) is 5.10 Å². The van der Waals surface area contributed by atoms with E-state index in [-0.39, 0.29) is 29.9 Å². The highest BCUT2D eigenvalue weighted by Crippen LogP contribution is 2.31. The highest BCUT2D eigenvalue weighted by atomic mass is 16.5. The number of fused-ring (bicyclic) bond motifs is 1. The van der Waals surface area contributed by atoms with Crippen LogP contribution in [-0.2, 0) is 22.6 Å². The molecule has 42 heavy (non-hydrogen) atoms. The summed E-state index contributed by atoms with van der Waals surface area (Å²) in [5.74, 6) is 1.58. The topological polar surface area (TPSA) is 125 Å². The Balaban J connectivity index is 1.44. The Kier molecular flexibility index (Phi) is 8.24. The number of ether oxygens (including phenoxy) is 1. The Labute approximate surface area is 245 Å². The van der Waals surface area contributed by atoms with E-state index >= 15 is 0 Å². The van der Waals surface area contributed by atoms with Crippen molar-refractivity contribution >= 4 is 23.3 Å². The summed E-state index contributed by atoms with van der Waals surface area (Å²) in [5.41, 5.74) is 5.15. The van der Waals surface area contributed by atoms with Crippen LogP contribution in [0.15, 0.2) is 60.9 Å². The number of anilines is 2. The van der Waals surface area contributed by atoms with Gasteiger partial charge in [-0.25, -0.2) is 9.97 Å². The van der Waals surface area contributed by atoms with E-state index < -0.39 is 0 Å². The van der Waals surface area contributed by atoms with Crippen LogP contribution in [0.4, 0.5) is 11.5 Å². The molecule has 2 aromatic heterocycles. The maximum atomic E-state index is 12.9. The molecule has 2 aromatic carbocycles. The van der Waals surface area contributed by atoms with Crippen LogP contribution in [0.1, 0.15) is 45.9 Å². The first-order valence-corrected chi connectivity index (χ1v) is 14.1. The fourth-order valence-corrected chi connectivity index (χ4v) is 4.82. The van der Waals surface area contributed by atoms with E-state index in [0.29, 0.717) is 36.9 Å². The molecule has 218 valence electrons. The summed E-state index contributed by atoms with van der Waals surface area (Å²) in [7, 11) is 0. The predicted molar refractivity (Wildman–Crippen MR) is 162 cm³/mol. The fraction of sp³-hybridized carbons (Fsp3) is 0.344. The first kappa shape index (κ1) is 28.8. The van der Waals surface area contributed by atoms with Crippen molar-refractivity contribution in [3.63, 3.8) is 0 Å². The number of nitrogens with one attached hydrogen (secondary N) is 3. The summed E-state index contributed by atoms with van der Waals surface area (Å²) in [6.07, 6.45) is 4.26. The lowest BCUT2D eigenvalue weighted by Crippen LogP contribution is -2.43. The number of aromatic amines is 1. The molecular formula is C32H37N7O3.